The quantitative estimate of drug-likeness (QED) is 0.501. The minimum absolute atomic E-state index is 0.175. The lowest BCUT2D eigenvalue weighted by atomic mass is 9.67. The second-order valence-corrected chi connectivity index (χ2v) is 9.82. The van der Waals surface area contributed by atoms with Gasteiger partial charge in [-0.25, -0.2) is 0 Å². The SMILES string of the molecule is COc1ccc(C(=O)Nc2cnn3c2C(=O)N(c2ccc(C4CC(O)(C(F)(F)F)C4)cc2)[C@@H](C)C3)cc1C#N. The third-order valence-corrected chi connectivity index (χ3v) is 7.31. The minimum Gasteiger partial charge on any atom is -0.495 e. The van der Waals surface area contributed by atoms with Crippen LogP contribution in [-0.4, -0.2) is 51.6 Å². The van der Waals surface area contributed by atoms with E-state index in [2.05, 4.69) is 10.4 Å². The molecule has 9 nitrogen and oxygen atoms in total. The highest BCUT2D eigenvalue weighted by molar-refractivity contribution is 6.13. The molecule has 202 valence electrons. The van der Waals surface area contributed by atoms with Crippen molar-refractivity contribution < 1.29 is 32.6 Å². The zero-order valence-corrected chi connectivity index (χ0v) is 21.0. The largest absolute Gasteiger partial charge is 0.495 e. The molecule has 0 radical (unpaired) electrons. The number of nitrogens with one attached hydrogen (secondary N) is 1. The Kier molecular flexibility index (Phi) is 6.34. The van der Waals surface area contributed by atoms with Gasteiger partial charge < -0.3 is 20.1 Å². The number of fused-ring (bicyclic) bond motifs is 1. The Morgan fingerprint density at radius 3 is 2.54 bits per heavy atom. The number of carbonyl (C=O) groups is 2. The first-order valence-corrected chi connectivity index (χ1v) is 12.1. The Labute approximate surface area is 221 Å². The predicted octanol–water partition coefficient (Wildman–Crippen LogP) is 4.24. The number of methoxy groups -OCH3 is 1. The molecule has 1 atom stereocenters. The fourth-order valence-corrected chi connectivity index (χ4v) is 5.12. The molecule has 0 bridgehead atoms. The summed E-state index contributed by atoms with van der Waals surface area (Å²) in [6.07, 6.45) is -4.08. The molecular formula is C27H24F3N5O4. The molecule has 2 N–H and O–H groups in total. The summed E-state index contributed by atoms with van der Waals surface area (Å²) in [5.74, 6) is -1.04. The van der Waals surface area contributed by atoms with Gasteiger partial charge in [0.25, 0.3) is 11.8 Å². The first-order chi connectivity index (χ1) is 18.5. The van der Waals surface area contributed by atoms with Crippen LogP contribution in [0.3, 0.4) is 0 Å². The predicted molar refractivity (Wildman–Crippen MR) is 134 cm³/mol. The Bertz CT molecular complexity index is 1490. The van der Waals surface area contributed by atoms with Gasteiger partial charge in [0.2, 0.25) is 0 Å². The molecule has 2 aromatic carbocycles. The third kappa shape index (κ3) is 4.48. The van der Waals surface area contributed by atoms with E-state index in [1.54, 1.807) is 29.2 Å². The molecule has 5 rings (SSSR count). The number of nitriles is 1. The summed E-state index contributed by atoms with van der Waals surface area (Å²) in [6, 6.07) is 12.7. The standard InChI is InChI=1S/C27H24F3N5O4/c1-15-14-34-23(21(13-32-34)33-24(36)17-5-8-22(39-2)18(9-17)12-31)25(37)35(15)20-6-3-16(4-7-20)19-10-26(38,11-19)27(28,29)30/h3-9,13,15,19,38H,10-11,14H2,1-2H3,(H,33,36)/t15-,19?,26?/m0/s1. The molecule has 2 heterocycles. The van der Waals surface area contributed by atoms with Crippen molar-refractivity contribution in [3.63, 3.8) is 0 Å². The van der Waals surface area contributed by atoms with Crippen LogP contribution in [0.5, 0.6) is 5.75 Å². The topological polar surface area (TPSA) is 120 Å². The van der Waals surface area contributed by atoms with Gasteiger partial charge in [-0.1, -0.05) is 12.1 Å². The number of ether oxygens (including phenoxy) is 1. The van der Waals surface area contributed by atoms with Gasteiger partial charge in [0.15, 0.2) is 5.60 Å². The molecule has 0 unspecified atom stereocenters. The van der Waals surface area contributed by atoms with E-state index >= 15 is 0 Å². The number of halogens is 3. The average Bonchev–Trinajstić information content (AvgIpc) is 3.28. The molecule has 1 fully saturated rings. The van der Waals surface area contributed by atoms with Crippen LogP contribution in [0.25, 0.3) is 0 Å². The summed E-state index contributed by atoms with van der Waals surface area (Å²) in [6.45, 7) is 2.19. The van der Waals surface area contributed by atoms with Gasteiger partial charge in [0, 0.05) is 11.3 Å². The van der Waals surface area contributed by atoms with Crippen LogP contribution in [0.1, 0.15) is 57.7 Å². The number of aliphatic hydroxyl groups is 1. The molecule has 0 spiro atoms. The number of alkyl halides is 3. The van der Waals surface area contributed by atoms with Gasteiger partial charge in [-0.15, -0.1) is 0 Å². The van der Waals surface area contributed by atoms with Crippen molar-refractivity contribution in [2.45, 2.75) is 50.0 Å². The van der Waals surface area contributed by atoms with Crippen molar-refractivity contribution in [1.82, 2.24) is 9.78 Å². The Morgan fingerprint density at radius 2 is 1.92 bits per heavy atom. The lowest BCUT2D eigenvalue weighted by Gasteiger charge is -2.44. The maximum atomic E-state index is 13.6. The molecule has 1 aliphatic heterocycles. The molecule has 2 aliphatic rings. The molecule has 1 aliphatic carbocycles. The first kappa shape index (κ1) is 26.2. The number of hydrogen-bond donors (Lipinski definition) is 2. The lowest BCUT2D eigenvalue weighted by molar-refractivity contribution is -0.291. The Hall–Kier alpha value is -4.37. The fraction of sp³-hybridized carbons (Fsp3) is 0.333. The van der Waals surface area contributed by atoms with Crippen LogP contribution in [0.4, 0.5) is 24.5 Å². The van der Waals surface area contributed by atoms with E-state index < -0.39 is 42.4 Å². The highest BCUT2D eigenvalue weighted by Gasteiger charge is 2.61. The summed E-state index contributed by atoms with van der Waals surface area (Å²) in [4.78, 5) is 28.1. The smallest absolute Gasteiger partial charge is 0.417 e. The summed E-state index contributed by atoms with van der Waals surface area (Å²) in [5, 5.41) is 26.0. The van der Waals surface area contributed by atoms with Crippen molar-refractivity contribution in [2.24, 2.45) is 0 Å². The Morgan fingerprint density at radius 1 is 1.23 bits per heavy atom. The van der Waals surface area contributed by atoms with Crippen LogP contribution in [-0.2, 0) is 6.54 Å². The van der Waals surface area contributed by atoms with Gasteiger partial charge in [0.05, 0.1) is 37.1 Å². The molecule has 39 heavy (non-hydrogen) atoms. The highest BCUT2D eigenvalue weighted by Crippen LogP contribution is 2.52. The van der Waals surface area contributed by atoms with E-state index in [1.165, 1.54) is 36.2 Å². The molecular weight excluding hydrogens is 515 g/mol. The molecule has 2 amide bonds. The zero-order valence-electron chi connectivity index (χ0n) is 21.0. The monoisotopic (exact) mass is 539 g/mol. The molecule has 1 saturated carbocycles. The van der Waals surface area contributed by atoms with Gasteiger partial charge in [0.1, 0.15) is 17.5 Å². The number of benzene rings is 2. The van der Waals surface area contributed by atoms with Crippen LogP contribution < -0.4 is 15.0 Å². The summed E-state index contributed by atoms with van der Waals surface area (Å²) >= 11 is 0. The van der Waals surface area contributed by atoms with Gasteiger partial charge >= 0.3 is 6.18 Å². The third-order valence-electron chi connectivity index (χ3n) is 7.31. The highest BCUT2D eigenvalue weighted by atomic mass is 19.4. The summed E-state index contributed by atoms with van der Waals surface area (Å²) in [5.41, 5.74) is -0.701. The van der Waals surface area contributed by atoms with Crippen molar-refractivity contribution >= 4 is 23.2 Å². The second-order valence-electron chi connectivity index (χ2n) is 9.82. The van der Waals surface area contributed by atoms with Gasteiger partial charge in [-0.3, -0.25) is 14.3 Å². The van der Waals surface area contributed by atoms with Gasteiger partial charge in [-0.05, 0) is 61.6 Å². The van der Waals surface area contributed by atoms with Gasteiger partial charge in [-0.2, -0.15) is 23.5 Å². The van der Waals surface area contributed by atoms with E-state index in [-0.39, 0.29) is 28.6 Å². The molecule has 12 heteroatoms. The van der Waals surface area contributed by atoms with Crippen molar-refractivity contribution in [1.29, 1.82) is 5.26 Å². The molecule has 1 aromatic heterocycles. The van der Waals surface area contributed by atoms with Crippen LogP contribution in [0.2, 0.25) is 0 Å². The van der Waals surface area contributed by atoms with E-state index in [1.807, 2.05) is 13.0 Å². The number of anilines is 2. The number of aromatic nitrogens is 2. The number of hydrogen-bond acceptors (Lipinski definition) is 6. The number of nitrogens with zero attached hydrogens (tertiary/aromatic N) is 4. The van der Waals surface area contributed by atoms with E-state index in [9.17, 15) is 33.1 Å². The molecule has 0 saturated heterocycles. The molecule has 3 aromatic rings. The normalized spacial score (nSPS) is 22.5. The van der Waals surface area contributed by atoms with Crippen LogP contribution in [0.15, 0.2) is 48.7 Å². The fourth-order valence-electron chi connectivity index (χ4n) is 5.12. The van der Waals surface area contributed by atoms with Crippen LogP contribution >= 0.6 is 0 Å². The van der Waals surface area contributed by atoms with Crippen LogP contribution in [0, 0.1) is 11.3 Å². The van der Waals surface area contributed by atoms with Crippen molar-refractivity contribution in [2.75, 3.05) is 17.3 Å². The second kappa shape index (κ2) is 9.43. The number of carbonyl (C=O) groups excluding carboxylic acids is 2. The van der Waals surface area contributed by atoms with Crippen molar-refractivity contribution in [3.05, 3.63) is 71.0 Å². The number of rotatable bonds is 5. The maximum absolute atomic E-state index is 13.6. The lowest BCUT2D eigenvalue weighted by Crippen LogP contribution is -2.54. The maximum Gasteiger partial charge on any atom is 0.417 e. The minimum atomic E-state index is -4.67. The first-order valence-electron chi connectivity index (χ1n) is 12.1. The Balaban J connectivity index is 1.34. The average molecular weight is 540 g/mol. The summed E-state index contributed by atoms with van der Waals surface area (Å²) in [7, 11) is 1.42. The van der Waals surface area contributed by atoms with E-state index in [0.29, 0.717) is 23.5 Å². The summed E-state index contributed by atoms with van der Waals surface area (Å²) < 4.78 is 45.6. The number of amides is 2. The van der Waals surface area contributed by atoms with E-state index in [0.717, 1.165) is 0 Å². The van der Waals surface area contributed by atoms with E-state index in [4.69, 9.17) is 4.74 Å². The van der Waals surface area contributed by atoms with Crippen molar-refractivity contribution in [3.8, 4) is 11.8 Å². The zero-order chi connectivity index (χ0) is 28.1.